The minimum atomic E-state index is -3.52. The molecule has 0 atom stereocenters. The van der Waals surface area contributed by atoms with Gasteiger partial charge in [0.1, 0.15) is 4.21 Å². The third-order valence-electron chi connectivity index (χ3n) is 2.73. The van der Waals surface area contributed by atoms with Gasteiger partial charge < -0.3 is 5.32 Å². The van der Waals surface area contributed by atoms with Crippen LogP contribution in [0.25, 0.3) is 0 Å². The Morgan fingerprint density at radius 1 is 1.23 bits per heavy atom. The van der Waals surface area contributed by atoms with Gasteiger partial charge in [-0.2, -0.15) is 4.72 Å². The van der Waals surface area contributed by atoms with Crippen molar-refractivity contribution in [3.05, 3.63) is 52.9 Å². The van der Waals surface area contributed by atoms with Crippen molar-refractivity contribution in [2.24, 2.45) is 0 Å². The summed E-state index contributed by atoms with van der Waals surface area (Å²) in [7, 11) is -1.97. The normalized spacial score (nSPS) is 10.6. The second-order valence-corrected chi connectivity index (χ2v) is 7.12. The highest BCUT2D eigenvalue weighted by atomic mass is 32.2. The maximum Gasteiger partial charge on any atom is 0.252 e. The van der Waals surface area contributed by atoms with Crippen LogP contribution in [-0.2, 0) is 10.0 Å². The van der Waals surface area contributed by atoms with Crippen LogP contribution in [0.2, 0.25) is 0 Å². The van der Waals surface area contributed by atoms with Gasteiger partial charge in [0.25, 0.3) is 15.9 Å². The second kappa shape index (κ2) is 7.22. The molecule has 2 aromatic rings. The van der Waals surface area contributed by atoms with E-state index in [1.54, 1.807) is 42.8 Å². The maximum absolute atomic E-state index is 11.9. The highest BCUT2D eigenvalue weighted by Crippen LogP contribution is 2.14. The van der Waals surface area contributed by atoms with E-state index in [1.165, 1.54) is 6.07 Å². The first-order valence-electron chi connectivity index (χ1n) is 6.38. The van der Waals surface area contributed by atoms with Crippen molar-refractivity contribution >= 4 is 27.3 Å². The number of sulfonamides is 1. The topological polar surface area (TPSA) is 75.3 Å². The van der Waals surface area contributed by atoms with Gasteiger partial charge in [-0.05, 0) is 23.6 Å². The first-order valence-corrected chi connectivity index (χ1v) is 8.74. The molecule has 0 aliphatic heterocycles. The molecule has 22 heavy (non-hydrogen) atoms. The highest BCUT2D eigenvalue weighted by Gasteiger charge is 2.13. The molecule has 5 nitrogen and oxygen atoms in total. The monoisotopic (exact) mass is 334 g/mol. The molecule has 0 saturated heterocycles. The molecular formula is C15H14N2O3S2. The van der Waals surface area contributed by atoms with Gasteiger partial charge >= 0.3 is 0 Å². The van der Waals surface area contributed by atoms with E-state index in [0.29, 0.717) is 11.1 Å². The number of hydrogen-bond acceptors (Lipinski definition) is 4. The van der Waals surface area contributed by atoms with Gasteiger partial charge in [0.2, 0.25) is 0 Å². The van der Waals surface area contributed by atoms with Crippen LogP contribution in [0.5, 0.6) is 0 Å². The summed E-state index contributed by atoms with van der Waals surface area (Å²) >= 11 is 1.14. The predicted molar refractivity (Wildman–Crippen MR) is 86.2 cm³/mol. The van der Waals surface area contributed by atoms with E-state index < -0.39 is 10.0 Å². The predicted octanol–water partition coefficient (Wildman–Crippen LogP) is 1.44. The number of nitrogens with one attached hydrogen (secondary N) is 2. The van der Waals surface area contributed by atoms with Gasteiger partial charge in [-0.1, -0.05) is 30.0 Å². The Labute approximate surface area is 133 Å². The number of thiophene rings is 1. The zero-order chi connectivity index (χ0) is 16.0. The average molecular weight is 334 g/mol. The van der Waals surface area contributed by atoms with E-state index in [2.05, 4.69) is 21.9 Å². The van der Waals surface area contributed by atoms with E-state index in [1.807, 2.05) is 0 Å². The van der Waals surface area contributed by atoms with Crippen LogP contribution in [0, 0.1) is 11.8 Å². The first-order chi connectivity index (χ1) is 10.5. The number of amides is 1. The molecule has 0 saturated carbocycles. The van der Waals surface area contributed by atoms with Crippen molar-refractivity contribution < 1.29 is 13.2 Å². The van der Waals surface area contributed by atoms with Gasteiger partial charge in [0, 0.05) is 12.6 Å². The molecule has 0 bridgehead atoms. The van der Waals surface area contributed by atoms with Crippen LogP contribution in [-0.4, -0.2) is 27.9 Å². The van der Waals surface area contributed by atoms with Crippen molar-refractivity contribution in [1.82, 2.24) is 10.0 Å². The number of hydrogen-bond donors (Lipinski definition) is 2. The SMILES string of the molecule is CNC(=O)c1ccccc1C#CCNS(=O)(=O)c1cccs1. The summed E-state index contributed by atoms with van der Waals surface area (Å²) < 4.78 is 26.4. The van der Waals surface area contributed by atoms with Gasteiger partial charge in [0.15, 0.2) is 0 Å². The summed E-state index contributed by atoms with van der Waals surface area (Å²) in [5, 5.41) is 4.23. The molecule has 0 aliphatic rings. The Hall–Kier alpha value is -2.14. The fraction of sp³-hybridized carbons (Fsp3) is 0.133. The van der Waals surface area contributed by atoms with E-state index in [0.717, 1.165) is 11.3 Å². The molecule has 1 amide bonds. The molecule has 0 spiro atoms. The molecule has 0 aliphatic carbocycles. The summed E-state index contributed by atoms with van der Waals surface area (Å²) in [6.07, 6.45) is 0. The molecule has 2 rings (SSSR count). The third kappa shape index (κ3) is 3.95. The maximum atomic E-state index is 11.9. The van der Waals surface area contributed by atoms with E-state index in [9.17, 15) is 13.2 Å². The Bertz CT molecular complexity index is 816. The van der Waals surface area contributed by atoms with E-state index in [4.69, 9.17) is 0 Å². The molecule has 7 heteroatoms. The van der Waals surface area contributed by atoms with Gasteiger partial charge in [0.05, 0.1) is 12.1 Å². The summed E-state index contributed by atoms with van der Waals surface area (Å²) in [6.45, 7) is -0.0255. The quantitative estimate of drug-likeness (QED) is 0.831. The summed E-state index contributed by atoms with van der Waals surface area (Å²) in [6, 6.07) is 10.1. The van der Waals surface area contributed by atoms with Crippen LogP contribution in [0.15, 0.2) is 46.0 Å². The van der Waals surface area contributed by atoms with Crippen molar-refractivity contribution in [2.45, 2.75) is 4.21 Å². The fourth-order valence-electron chi connectivity index (χ4n) is 1.68. The zero-order valence-electron chi connectivity index (χ0n) is 11.8. The van der Waals surface area contributed by atoms with Crippen molar-refractivity contribution in [3.8, 4) is 11.8 Å². The van der Waals surface area contributed by atoms with Crippen molar-refractivity contribution in [1.29, 1.82) is 0 Å². The van der Waals surface area contributed by atoms with Gasteiger partial charge in [-0.25, -0.2) is 8.42 Å². The summed E-state index contributed by atoms with van der Waals surface area (Å²) in [5.74, 6) is 5.30. The van der Waals surface area contributed by atoms with Crippen molar-refractivity contribution in [3.63, 3.8) is 0 Å². The first kappa shape index (κ1) is 16.2. The van der Waals surface area contributed by atoms with Crippen LogP contribution in [0.3, 0.4) is 0 Å². The number of benzene rings is 1. The van der Waals surface area contributed by atoms with Gasteiger partial charge in [-0.3, -0.25) is 4.79 Å². The largest absolute Gasteiger partial charge is 0.355 e. The van der Waals surface area contributed by atoms with Gasteiger partial charge in [-0.15, -0.1) is 11.3 Å². The Kier molecular flexibility index (Phi) is 5.33. The molecular weight excluding hydrogens is 320 g/mol. The van der Waals surface area contributed by atoms with E-state index in [-0.39, 0.29) is 16.7 Å². The molecule has 0 radical (unpaired) electrons. The Morgan fingerprint density at radius 3 is 2.68 bits per heavy atom. The summed E-state index contributed by atoms with van der Waals surface area (Å²) in [4.78, 5) is 11.7. The van der Waals surface area contributed by atoms with Crippen LogP contribution in [0.1, 0.15) is 15.9 Å². The smallest absolute Gasteiger partial charge is 0.252 e. The number of carbonyl (C=O) groups is 1. The minimum absolute atomic E-state index is 0.0255. The molecule has 114 valence electrons. The lowest BCUT2D eigenvalue weighted by Crippen LogP contribution is -2.23. The molecule has 1 aromatic carbocycles. The van der Waals surface area contributed by atoms with Crippen molar-refractivity contribution in [2.75, 3.05) is 13.6 Å². The number of carbonyl (C=O) groups excluding carboxylic acids is 1. The summed E-state index contributed by atoms with van der Waals surface area (Å²) in [5.41, 5.74) is 1.01. The fourth-order valence-corrected chi connectivity index (χ4v) is 3.64. The molecule has 0 fully saturated rings. The minimum Gasteiger partial charge on any atom is -0.355 e. The molecule has 0 unspecified atom stereocenters. The molecule has 1 heterocycles. The van der Waals surface area contributed by atoms with E-state index >= 15 is 0 Å². The highest BCUT2D eigenvalue weighted by molar-refractivity contribution is 7.91. The molecule has 1 aromatic heterocycles. The molecule has 2 N–H and O–H groups in total. The third-order valence-corrected chi connectivity index (χ3v) is 5.53. The van der Waals surface area contributed by atoms with Crippen LogP contribution >= 0.6 is 11.3 Å². The van der Waals surface area contributed by atoms with Crippen LogP contribution < -0.4 is 10.0 Å². The Morgan fingerprint density at radius 2 is 2.00 bits per heavy atom. The average Bonchev–Trinajstić information content (AvgIpc) is 3.06. The zero-order valence-corrected chi connectivity index (χ0v) is 13.4. The second-order valence-electron chi connectivity index (χ2n) is 4.18. The lowest BCUT2D eigenvalue weighted by Gasteiger charge is -2.02. The Balaban J connectivity index is 2.08. The standard InChI is InChI=1S/C15H14N2O3S2/c1-16-15(18)13-8-3-2-6-12(13)7-4-10-17-22(19,20)14-9-5-11-21-14/h2-3,5-6,8-9,11,17H,10H2,1H3,(H,16,18). The van der Waals surface area contributed by atoms with Crippen LogP contribution in [0.4, 0.5) is 0 Å². The number of rotatable bonds is 4. The lowest BCUT2D eigenvalue weighted by atomic mass is 10.1. The lowest BCUT2D eigenvalue weighted by molar-refractivity contribution is 0.0963.